The molecule has 100 valence electrons. The minimum absolute atomic E-state index is 0.0553. The lowest BCUT2D eigenvalue weighted by Gasteiger charge is -2.23. The number of aliphatic hydroxyl groups is 1. The fraction of sp³-hybridized carbons (Fsp3) is 0.500. The maximum Gasteiger partial charge on any atom is 0.288 e. The lowest BCUT2D eigenvalue weighted by Crippen LogP contribution is -2.27. The first-order valence-electron chi connectivity index (χ1n) is 5.56. The van der Waals surface area contributed by atoms with E-state index in [0.29, 0.717) is 6.54 Å². The minimum atomic E-state index is -0.503. The van der Waals surface area contributed by atoms with Gasteiger partial charge >= 0.3 is 0 Å². The molecule has 18 heavy (non-hydrogen) atoms. The molecule has 1 aromatic rings. The van der Waals surface area contributed by atoms with Crippen molar-refractivity contribution >= 4 is 23.0 Å². The van der Waals surface area contributed by atoms with Gasteiger partial charge in [-0.05, 0) is 18.6 Å². The van der Waals surface area contributed by atoms with E-state index in [0.717, 1.165) is 11.3 Å². The fourth-order valence-corrected chi connectivity index (χ4v) is 1.62. The number of nitro benzene ring substituents is 1. The normalized spacial score (nSPS) is 11.4. The van der Waals surface area contributed by atoms with Gasteiger partial charge in [0.05, 0.1) is 4.92 Å². The second kappa shape index (κ2) is 5.54. The van der Waals surface area contributed by atoms with Crippen LogP contribution in [0.15, 0.2) is 12.1 Å². The number of nitrogens with one attached hydrogen (secondary N) is 1. The van der Waals surface area contributed by atoms with Crippen molar-refractivity contribution in [1.82, 2.24) is 0 Å². The van der Waals surface area contributed by atoms with E-state index in [2.05, 4.69) is 5.32 Å². The molecule has 0 aliphatic rings. The second-order valence-corrected chi connectivity index (χ2v) is 5.46. The molecule has 0 aliphatic carbocycles. The summed E-state index contributed by atoms with van der Waals surface area (Å²) in [5.74, 6) is 0. The van der Waals surface area contributed by atoms with E-state index in [1.807, 2.05) is 13.8 Å². The number of anilines is 1. The van der Waals surface area contributed by atoms with Gasteiger partial charge in [0.15, 0.2) is 0 Å². The van der Waals surface area contributed by atoms with Gasteiger partial charge in [0.2, 0.25) is 0 Å². The van der Waals surface area contributed by atoms with E-state index in [9.17, 15) is 10.1 Å². The van der Waals surface area contributed by atoms with Gasteiger partial charge in [-0.15, -0.1) is 0 Å². The largest absolute Gasteiger partial charge is 0.396 e. The van der Waals surface area contributed by atoms with E-state index < -0.39 is 4.92 Å². The summed E-state index contributed by atoms with van der Waals surface area (Å²) >= 11 is 5.85. The third-order valence-corrected chi connectivity index (χ3v) is 2.98. The maximum absolute atomic E-state index is 10.7. The Morgan fingerprint density at radius 1 is 1.50 bits per heavy atom. The Hall–Kier alpha value is -1.33. The number of nitro groups is 1. The minimum Gasteiger partial charge on any atom is -0.396 e. The highest BCUT2D eigenvalue weighted by Crippen LogP contribution is 2.31. The first-order valence-corrected chi connectivity index (χ1v) is 5.94. The van der Waals surface area contributed by atoms with Crippen molar-refractivity contribution in [3.63, 3.8) is 0 Å². The maximum atomic E-state index is 10.7. The molecule has 0 aromatic heterocycles. The molecule has 0 atom stereocenters. The van der Waals surface area contributed by atoms with Crippen LogP contribution in [0.4, 0.5) is 11.4 Å². The Morgan fingerprint density at radius 2 is 2.11 bits per heavy atom. The number of hydrogen-bond acceptors (Lipinski definition) is 4. The van der Waals surface area contributed by atoms with Gasteiger partial charge in [-0.2, -0.15) is 0 Å². The van der Waals surface area contributed by atoms with E-state index >= 15 is 0 Å². The molecule has 0 radical (unpaired) electrons. The summed E-state index contributed by atoms with van der Waals surface area (Å²) in [6.45, 7) is 6.22. The van der Waals surface area contributed by atoms with Crippen molar-refractivity contribution in [3.05, 3.63) is 32.8 Å². The van der Waals surface area contributed by atoms with Crippen molar-refractivity contribution in [2.45, 2.75) is 20.8 Å². The van der Waals surface area contributed by atoms with Crippen LogP contribution >= 0.6 is 11.6 Å². The zero-order valence-electron chi connectivity index (χ0n) is 10.7. The Kier molecular flexibility index (Phi) is 4.53. The van der Waals surface area contributed by atoms with Gasteiger partial charge in [0, 0.05) is 30.3 Å². The number of aliphatic hydroxyl groups excluding tert-OH is 1. The highest BCUT2D eigenvalue weighted by Gasteiger charge is 2.18. The lowest BCUT2D eigenvalue weighted by molar-refractivity contribution is -0.384. The monoisotopic (exact) mass is 272 g/mol. The molecule has 0 unspecified atom stereocenters. The van der Waals surface area contributed by atoms with Gasteiger partial charge in [0.25, 0.3) is 5.69 Å². The zero-order chi connectivity index (χ0) is 13.9. The molecule has 0 amide bonds. The van der Waals surface area contributed by atoms with Crippen molar-refractivity contribution in [3.8, 4) is 0 Å². The molecule has 5 nitrogen and oxygen atoms in total. The average Bonchev–Trinajstić information content (AvgIpc) is 2.29. The van der Waals surface area contributed by atoms with Crippen LogP contribution in [0.2, 0.25) is 5.02 Å². The summed E-state index contributed by atoms with van der Waals surface area (Å²) in [6, 6.07) is 2.99. The molecule has 0 heterocycles. The number of aryl methyl sites for hydroxylation is 1. The quantitative estimate of drug-likeness (QED) is 0.638. The molecule has 0 bridgehead atoms. The van der Waals surface area contributed by atoms with Crippen LogP contribution in [0.5, 0.6) is 0 Å². The first kappa shape index (κ1) is 14.7. The zero-order valence-corrected chi connectivity index (χ0v) is 11.4. The second-order valence-electron chi connectivity index (χ2n) is 5.05. The van der Waals surface area contributed by atoms with E-state index in [4.69, 9.17) is 16.7 Å². The standard InChI is InChI=1S/C12H17ClN2O3/c1-8-4-11(15(17)18)9(13)5-10(8)14-6-12(2,3)7-16/h4-5,14,16H,6-7H2,1-3H3. The van der Waals surface area contributed by atoms with Crippen LogP contribution in [0.25, 0.3) is 0 Å². The van der Waals surface area contributed by atoms with Crippen molar-refractivity contribution < 1.29 is 10.0 Å². The lowest BCUT2D eigenvalue weighted by atomic mass is 9.95. The van der Waals surface area contributed by atoms with E-state index in [1.54, 1.807) is 13.0 Å². The summed E-state index contributed by atoms with van der Waals surface area (Å²) in [4.78, 5) is 10.2. The van der Waals surface area contributed by atoms with Crippen LogP contribution in [0, 0.1) is 22.5 Å². The summed E-state index contributed by atoms with van der Waals surface area (Å²) in [5.41, 5.74) is 1.13. The molecule has 0 aliphatic heterocycles. The molecular formula is C12H17ClN2O3. The summed E-state index contributed by atoms with van der Waals surface area (Å²) in [7, 11) is 0. The Morgan fingerprint density at radius 3 is 2.61 bits per heavy atom. The third kappa shape index (κ3) is 3.58. The third-order valence-electron chi connectivity index (χ3n) is 2.68. The molecule has 1 rings (SSSR count). The van der Waals surface area contributed by atoms with Crippen LogP contribution in [0.3, 0.4) is 0 Å². The van der Waals surface area contributed by atoms with Crippen LogP contribution in [0.1, 0.15) is 19.4 Å². The molecule has 2 N–H and O–H groups in total. The number of nitrogens with zero attached hydrogens (tertiary/aromatic N) is 1. The van der Waals surface area contributed by atoms with Crippen LogP contribution in [-0.4, -0.2) is 23.2 Å². The topological polar surface area (TPSA) is 75.4 Å². The molecule has 0 saturated heterocycles. The Bertz CT molecular complexity index is 461. The SMILES string of the molecule is Cc1cc([N+](=O)[O-])c(Cl)cc1NCC(C)(C)CO. The van der Waals surface area contributed by atoms with E-state index in [1.165, 1.54) is 6.07 Å². The van der Waals surface area contributed by atoms with Gasteiger partial charge in [0.1, 0.15) is 5.02 Å². The highest BCUT2D eigenvalue weighted by molar-refractivity contribution is 6.33. The van der Waals surface area contributed by atoms with Crippen LogP contribution in [-0.2, 0) is 0 Å². The Balaban J connectivity index is 2.92. The molecular weight excluding hydrogens is 256 g/mol. The number of rotatable bonds is 5. The fourth-order valence-electron chi connectivity index (χ4n) is 1.39. The first-order chi connectivity index (χ1) is 8.26. The molecule has 6 heteroatoms. The van der Waals surface area contributed by atoms with Crippen molar-refractivity contribution in [2.75, 3.05) is 18.5 Å². The van der Waals surface area contributed by atoms with Gasteiger partial charge in [-0.3, -0.25) is 10.1 Å². The Labute approximate surface area is 111 Å². The summed E-state index contributed by atoms with van der Waals surface area (Å²) < 4.78 is 0. The van der Waals surface area contributed by atoms with Crippen molar-refractivity contribution in [2.24, 2.45) is 5.41 Å². The van der Waals surface area contributed by atoms with Crippen LogP contribution < -0.4 is 5.32 Å². The molecule has 0 saturated carbocycles. The van der Waals surface area contributed by atoms with Gasteiger partial charge < -0.3 is 10.4 Å². The molecule has 0 spiro atoms. The predicted molar refractivity (Wildman–Crippen MR) is 72.2 cm³/mol. The average molecular weight is 273 g/mol. The van der Waals surface area contributed by atoms with Gasteiger partial charge in [-0.1, -0.05) is 25.4 Å². The summed E-state index contributed by atoms with van der Waals surface area (Å²) in [6.07, 6.45) is 0. The highest BCUT2D eigenvalue weighted by atomic mass is 35.5. The predicted octanol–water partition coefficient (Wildman–Crippen LogP) is 2.99. The summed E-state index contributed by atoms with van der Waals surface area (Å²) in [5, 5.41) is 23.1. The smallest absolute Gasteiger partial charge is 0.288 e. The number of hydrogen-bond donors (Lipinski definition) is 2. The van der Waals surface area contributed by atoms with E-state index in [-0.39, 0.29) is 22.7 Å². The van der Waals surface area contributed by atoms with Gasteiger partial charge in [-0.25, -0.2) is 0 Å². The number of benzene rings is 1. The van der Waals surface area contributed by atoms with Crippen molar-refractivity contribution in [1.29, 1.82) is 0 Å². The molecule has 0 fully saturated rings. The molecule has 1 aromatic carbocycles. The number of halogens is 1.